The highest BCUT2D eigenvalue weighted by Crippen LogP contribution is 2.33. The summed E-state index contributed by atoms with van der Waals surface area (Å²) in [7, 11) is -0.830. The van der Waals surface area contributed by atoms with Crippen molar-refractivity contribution in [3.8, 4) is 22.8 Å². The number of imidazole rings is 1. The van der Waals surface area contributed by atoms with E-state index in [1.54, 1.807) is 14.2 Å². The van der Waals surface area contributed by atoms with Crippen LogP contribution in [0.5, 0.6) is 11.5 Å². The Bertz CT molecular complexity index is 1640. The van der Waals surface area contributed by atoms with Crippen molar-refractivity contribution in [3.05, 3.63) is 88.7 Å². The molecule has 11 heteroatoms. The highest BCUT2D eigenvalue weighted by Gasteiger charge is 2.32. The molecule has 0 spiro atoms. The molecule has 0 fully saturated rings. The Kier molecular flexibility index (Phi) is 6.40. The van der Waals surface area contributed by atoms with Crippen molar-refractivity contribution >= 4 is 26.9 Å². The van der Waals surface area contributed by atoms with Gasteiger partial charge < -0.3 is 13.9 Å². The van der Waals surface area contributed by atoms with E-state index in [1.165, 1.54) is 28.6 Å². The Hall–Kier alpha value is -4.22. The fourth-order valence-corrected chi connectivity index (χ4v) is 5.95. The Morgan fingerprint density at radius 1 is 0.973 bits per heavy atom. The lowest BCUT2D eigenvalue weighted by molar-refractivity contribution is -0.387. The molecule has 0 aliphatic carbocycles. The van der Waals surface area contributed by atoms with E-state index in [1.807, 2.05) is 53.2 Å². The molecule has 10 nitrogen and oxygen atoms in total. The van der Waals surface area contributed by atoms with Crippen molar-refractivity contribution < 1.29 is 22.8 Å². The number of fused-ring (bicyclic) bond motifs is 1. The molecule has 190 valence electrons. The molecule has 3 heterocycles. The van der Waals surface area contributed by atoms with Crippen molar-refractivity contribution in [2.45, 2.75) is 11.3 Å². The number of hydrogen-bond donors (Lipinski definition) is 0. The maximum absolute atomic E-state index is 13.1. The molecule has 0 bridgehead atoms. The van der Waals surface area contributed by atoms with Gasteiger partial charge in [-0.1, -0.05) is 18.2 Å². The van der Waals surface area contributed by atoms with Crippen LogP contribution >= 0.6 is 0 Å². The average Bonchev–Trinajstić information content (AvgIpc) is 3.36. The molecule has 0 amide bonds. The fourth-order valence-electron chi connectivity index (χ4n) is 4.41. The van der Waals surface area contributed by atoms with Crippen molar-refractivity contribution in [1.29, 1.82) is 0 Å². The highest BCUT2D eigenvalue weighted by atomic mass is 32.2. The SMILES string of the molecule is COc1ccc(-c2cn3cc(C4=CCN(S(=O)(=O)c5ccccc5[N+](=O)[O-])CC4)ccc3n2)cc1OC. The average molecular weight is 521 g/mol. The second-order valence-electron chi connectivity index (χ2n) is 8.45. The summed E-state index contributed by atoms with van der Waals surface area (Å²) in [6.45, 7) is 0.349. The first-order chi connectivity index (χ1) is 17.8. The lowest BCUT2D eigenvalue weighted by atomic mass is 10.0. The van der Waals surface area contributed by atoms with Gasteiger partial charge in [-0.25, -0.2) is 13.4 Å². The van der Waals surface area contributed by atoms with Gasteiger partial charge >= 0.3 is 0 Å². The molecule has 1 aliphatic heterocycles. The number of benzene rings is 2. The largest absolute Gasteiger partial charge is 0.493 e. The zero-order valence-corrected chi connectivity index (χ0v) is 21.0. The summed E-state index contributed by atoms with van der Waals surface area (Å²) >= 11 is 0. The Balaban J connectivity index is 1.40. The fraction of sp³-hybridized carbons (Fsp3) is 0.192. The second-order valence-corrected chi connectivity index (χ2v) is 10.4. The normalized spacial score (nSPS) is 14.4. The van der Waals surface area contributed by atoms with E-state index >= 15 is 0 Å². The van der Waals surface area contributed by atoms with Crippen LogP contribution in [0, 0.1) is 10.1 Å². The maximum Gasteiger partial charge on any atom is 0.289 e. The third kappa shape index (κ3) is 4.54. The minimum Gasteiger partial charge on any atom is -0.493 e. The zero-order chi connectivity index (χ0) is 26.2. The zero-order valence-electron chi connectivity index (χ0n) is 20.2. The van der Waals surface area contributed by atoms with Gasteiger partial charge in [0.1, 0.15) is 5.65 Å². The maximum atomic E-state index is 13.1. The van der Waals surface area contributed by atoms with Crippen LogP contribution in [0.1, 0.15) is 12.0 Å². The Morgan fingerprint density at radius 2 is 1.73 bits per heavy atom. The van der Waals surface area contributed by atoms with Crippen LogP contribution in [0.15, 0.2) is 78.0 Å². The van der Waals surface area contributed by atoms with Crippen molar-refractivity contribution in [1.82, 2.24) is 13.7 Å². The number of hydrogen-bond acceptors (Lipinski definition) is 7. The molecule has 0 N–H and O–H groups in total. The minimum absolute atomic E-state index is 0.128. The van der Waals surface area contributed by atoms with Crippen LogP contribution in [-0.2, 0) is 10.0 Å². The van der Waals surface area contributed by atoms with E-state index in [-0.39, 0.29) is 18.0 Å². The molecular formula is C26H24N4O6S. The van der Waals surface area contributed by atoms with Gasteiger partial charge in [-0.2, -0.15) is 4.31 Å². The Morgan fingerprint density at radius 3 is 2.43 bits per heavy atom. The predicted molar refractivity (Wildman–Crippen MR) is 138 cm³/mol. The first-order valence-corrected chi connectivity index (χ1v) is 12.9. The van der Waals surface area contributed by atoms with Gasteiger partial charge in [-0.15, -0.1) is 0 Å². The van der Waals surface area contributed by atoms with Gasteiger partial charge in [-0.05, 0) is 54.0 Å². The first-order valence-electron chi connectivity index (χ1n) is 11.5. The monoisotopic (exact) mass is 520 g/mol. The summed E-state index contributed by atoms with van der Waals surface area (Å²) in [6, 6.07) is 14.9. The van der Waals surface area contributed by atoms with Crippen molar-refractivity contribution in [3.63, 3.8) is 0 Å². The van der Waals surface area contributed by atoms with Gasteiger partial charge in [0.05, 0.1) is 24.8 Å². The van der Waals surface area contributed by atoms with E-state index in [4.69, 9.17) is 14.5 Å². The van der Waals surface area contributed by atoms with Gasteiger partial charge in [0.25, 0.3) is 5.69 Å². The number of nitro benzene ring substituents is 1. The van der Waals surface area contributed by atoms with E-state index in [2.05, 4.69) is 0 Å². The molecule has 5 rings (SSSR count). The molecule has 0 saturated heterocycles. The number of aromatic nitrogens is 2. The van der Waals surface area contributed by atoms with Crippen LogP contribution in [0.3, 0.4) is 0 Å². The molecule has 0 unspecified atom stereocenters. The lowest BCUT2D eigenvalue weighted by Gasteiger charge is -2.25. The topological polar surface area (TPSA) is 116 Å². The predicted octanol–water partition coefficient (Wildman–Crippen LogP) is 4.40. The summed E-state index contributed by atoms with van der Waals surface area (Å²) in [5, 5.41) is 11.3. The summed E-state index contributed by atoms with van der Waals surface area (Å²) < 4.78 is 40.1. The number of sulfonamides is 1. The molecule has 0 atom stereocenters. The number of pyridine rings is 1. The van der Waals surface area contributed by atoms with Crippen LogP contribution in [0.25, 0.3) is 22.5 Å². The van der Waals surface area contributed by atoms with Crippen LogP contribution in [0.4, 0.5) is 5.69 Å². The second kappa shape index (κ2) is 9.68. The van der Waals surface area contributed by atoms with Crippen LogP contribution in [-0.4, -0.2) is 54.3 Å². The molecular weight excluding hydrogens is 496 g/mol. The molecule has 1 aliphatic rings. The molecule has 2 aromatic heterocycles. The molecule has 2 aromatic carbocycles. The van der Waals surface area contributed by atoms with E-state index in [0.29, 0.717) is 17.9 Å². The highest BCUT2D eigenvalue weighted by molar-refractivity contribution is 7.89. The number of ether oxygens (including phenoxy) is 2. The molecule has 0 radical (unpaired) electrons. The van der Waals surface area contributed by atoms with Crippen molar-refractivity contribution in [2.75, 3.05) is 27.3 Å². The summed E-state index contributed by atoms with van der Waals surface area (Å²) in [6.07, 6.45) is 6.21. The number of rotatable bonds is 7. The number of nitrogens with zero attached hydrogens (tertiary/aromatic N) is 4. The summed E-state index contributed by atoms with van der Waals surface area (Å²) in [5.41, 5.74) is 3.95. The van der Waals surface area contributed by atoms with Gasteiger partial charge in [-0.3, -0.25) is 10.1 Å². The number of para-hydroxylation sites is 1. The lowest BCUT2D eigenvalue weighted by Crippen LogP contribution is -2.35. The third-order valence-corrected chi connectivity index (χ3v) is 8.27. The smallest absolute Gasteiger partial charge is 0.289 e. The Labute approximate surface area is 213 Å². The van der Waals surface area contributed by atoms with Crippen LogP contribution in [0.2, 0.25) is 0 Å². The summed E-state index contributed by atoms with van der Waals surface area (Å²) in [5.74, 6) is 1.25. The first kappa shape index (κ1) is 24.5. The minimum atomic E-state index is -4.00. The van der Waals surface area contributed by atoms with Gasteiger partial charge in [0, 0.05) is 37.1 Å². The van der Waals surface area contributed by atoms with Gasteiger partial charge in [0.2, 0.25) is 10.0 Å². The van der Waals surface area contributed by atoms with Crippen LogP contribution < -0.4 is 9.47 Å². The molecule has 4 aromatic rings. The van der Waals surface area contributed by atoms with Crippen molar-refractivity contribution in [2.24, 2.45) is 0 Å². The molecule has 0 saturated carbocycles. The number of nitro groups is 1. The third-order valence-electron chi connectivity index (χ3n) is 6.35. The van der Waals surface area contributed by atoms with E-state index in [9.17, 15) is 18.5 Å². The van der Waals surface area contributed by atoms with E-state index < -0.39 is 20.6 Å². The molecule has 37 heavy (non-hydrogen) atoms. The summed E-state index contributed by atoms with van der Waals surface area (Å²) in [4.78, 5) is 15.1. The quantitative estimate of drug-likeness (QED) is 0.262. The van der Waals surface area contributed by atoms with E-state index in [0.717, 1.165) is 28.0 Å². The number of methoxy groups -OCH3 is 2. The van der Waals surface area contributed by atoms with Gasteiger partial charge in [0.15, 0.2) is 16.4 Å². The standard InChI is InChI=1S/C26H24N4O6S/c1-35-23-9-7-19(15-24(23)36-2)21-17-28-16-20(8-10-26(28)27-21)18-11-13-29(14-12-18)37(33,34)25-6-4-3-5-22(25)30(31)32/h3-11,15-17H,12-14H2,1-2H3.